The van der Waals surface area contributed by atoms with E-state index in [0.717, 1.165) is 12.1 Å². The Kier molecular flexibility index (Phi) is 3.57. The molecule has 0 radical (unpaired) electrons. The molecule has 15 heavy (non-hydrogen) atoms. The van der Waals surface area contributed by atoms with Gasteiger partial charge >= 0.3 is 0 Å². The van der Waals surface area contributed by atoms with Crippen LogP contribution in [0.5, 0.6) is 0 Å². The molecule has 0 bridgehead atoms. The zero-order valence-electron chi connectivity index (χ0n) is 8.39. The highest BCUT2D eigenvalue weighted by Crippen LogP contribution is 2.18. The van der Waals surface area contributed by atoms with Crippen LogP contribution in [0.4, 0.5) is 18.9 Å². The maximum absolute atomic E-state index is 12.8. The second-order valence-corrected chi connectivity index (χ2v) is 3.43. The standard InChI is InChI=1S/C10H12F3NO/c1-5(6(2)15)14-7-3-8(11)10(13)9(12)4-7/h3-6,14-15H,1-2H3. The lowest BCUT2D eigenvalue weighted by Crippen LogP contribution is -2.27. The molecule has 0 aromatic heterocycles. The molecule has 0 amide bonds. The fraction of sp³-hybridized carbons (Fsp3) is 0.400. The van der Waals surface area contributed by atoms with Gasteiger partial charge in [-0.05, 0) is 13.8 Å². The number of hydrogen-bond donors (Lipinski definition) is 2. The number of nitrogens with one attached hydrogen (secondary N) is 1. The van der Waals surface area contributed by atoms with E-state index < -0.39 is 23.6 Å². The van der Waals surface area contributed by atoms with Crippen LogP contribution in [0.1, 0.15) is 13.8 Å². The second-order valence-electron chi connectivity index (χ2n) is 3.43. The molecule has 1 rings (SSSR count). The number of anilines is 1. The zero-order chi connectivity index (χ0) is 11.6. The van der Waals surface area contributed by atoms with Gasteiger partial charge in [0.1, 0.15) is 0 Å². The molecule has 5 heteroatoms. The van der Waals surface area contributed by atoms with Crippen molar-refractivity contribution in [1.29, 1.82) is 0 Å². The van der Waals surface area contributed by atoms with Crippen LogP contribution in [0, 0.1) is 17.5 Å². The monoisotopic (exact) mass is 219 g/mol. The number of benzene rings is 1. The molecular formula is C10H12F3NO. The molecule has 2 nitrogen and oxygen atoms in total. The van der Waals surface area contributed by atoms with Crippen LogP contribution < -0.4 is 5.32 Å². The average Bonchev–Trinajstić information content (AvgIpc) is 2.13. The van der Waals surface area contributed by atoms with E-state index in [1.165, 1.54) is 6.92 Å². The first-order chi connectivity index (χ1) is 6.91. The molecule has 0 aliphatic carbocycles. The Morgan fingerprint density at radius 1 is 1.13 bits per heavy atom. The molecule has 0 heterocycles. The lowest BCUT2D eigenvalue weighted by atomic mass is 10.2. The summed E-state index contributed by atoms with van der Waals surface area (Å²) in [5.74, 6) is -4.00. The maximum atomic E-state index is 12.8. The minimum absolute atomic E-state index is 0.0970. The summed E-state index contributed by atoms with van der Waals surface area (Å²) in [5.41, 5.74) is 0.0970. The van der Waals surface area contributed by atoms with Gasteiger partial charge in [-0.25, -0.2) is 13.2 Å². The number of halogens is 3. The highest BCUT2D eigenvalue weighted by atomic mass is 19.2. The summed E-state index contributed by atoms with van der Waals surface area (Å²) in [6.07, 6.45) is -0.679. The van der Waals surface area contributed by atoms with E-state index in [-0.39, 0.29) is 11.7 Å². The molecule has 1 aromatic rings. The summed E-state index contributed by atoms with van der Waals surface area (Å²) >= 11 is 0. The fourth-order valence-corrected chi connectivity index (χ4v) is 1.02. The first kappa shape index (κ1) is 11.8. The molecule has 2 unspecified atom stereocenters. The molecule has 84 valence electrons. The highest BCUT2D eigenvalue weighted by Gasteiger charge is 2.13. The van der Waals surface area contributed by atoms with Crippen LogP contribution in [0.25, 0.3) is 0 Å². The van der Waals surface area contributed by atoms with Gasteiger partial charge in [0, 0.05) is 23.9 Å². The first-order valence-corrected chi connectivity index (χ1v) is 4.51. The third-order valence-electron chi connectivity index (χ3n) is 2.10. The van der Waals surface area contributed by atoms with E-state index in [4.69, 9.17) is 5.11 Å². The number of rotatable bonds is 3. The van der Waals surface area contributed by atoms with Crippen LogP contribution >= 0.6 is 0 Å². The van der Waals surface area contributed by atoms with E-state index in [1.807, 2.05) is 0 Å². The van der Waals surface area contributed by atoms with Crippen molar-refractivity contribution >= 4 is 5.69 Å². The molecule has 0 aliphatic rings. The van der Waals surface area contributed by atoms with Gasteiger partial charge in [0.05, 0.1) is 6.10 Å². The largest absolute Gasteiger partial charge is 0.391 e. The first-order valence-electron chi connectivity index (χ1n) is 4.51. The van der Waals surface area contributed by atoms with Gasteiger partial charge in [-0.3, -0.25) is 0 Å². The molecule has 2 N–H and O–H groups in total. The fourth-order valence-electron chi connectivity index (χ4n) is 1.02. The molecule has 0 saturated carbocycles. The van der Waals surface area contributed by atoms with Crippen LogP contribution in [0.3, 0.4) is 0 Å². The predicted octanol–water partition coefficient (Wildman–Crippen LogP) is 2.29. The molecule has 0 fully saturated rings. The van der Waals surface area contributed by atoms with Crippen LogP contribution in [0.15, 0.2) is 12.1 Å². The van der Waals surface area contributed by atoms with Crippen molar-refractivity contribution in [3.05, 3.63) is 29.6 Å². The highest BCUT2D eigenvalue weighted by molar-refractivity contribution is 5.45. The summed E-state index contributed by atoms with van der Waals surface area (Å²) in [7, 11) is 0. The Hall–Kier alpha value is -1.23. The molecule has 0 aliphatic heterocycles. The van der Waals surface area contributed by atoms with Gasteiger partial charge < -0.3 is 10.4 Å². The molecule has 1 aromatic carbocycles. The summed E-state index contributed by atoms with van der Waals surface area (Å²) in [4.78, 5) is 0. The average molecular weight is 219 g/mol. The third kappa shape index (κ3) is 2.86. The molecule has 0 saturated heterocycles. The number of aliphatic hydroxyl groups is 1. The van der Waals surface area contributed by atoms with Gasteiger partial charge in [-0.15, -0.1) is 0 Å². The van der Waals surface area contributed by atoms with Gasteiger partial charge in [-0.2, -0.15) is 0 Å². The minimum atomic E-state index is -1.50. The summed E-state index contributed by atoms with van der Waals surface area (Å²) < 4.78 is 38.1. The number of hydrogen-bond acceptors (Lipinski definition) is 2. The Bertz CT molecular complexity index is 332. The van der Waals surface area contributed by atoms with Crippen molar-refractivity contribution in [2.24, 2.45) is 0 Å². The SMILES string of the molecule is CC(O)C(C)Nc1cc(F)c(F)c(F)c1. The lowest BCUT2D eigenvalue weighted by molar-refractivity contribution is 0.178. The topological polar surface area (TPSA) is 32.3 Å². The van der Waals surface area contributed by atoms with Gasteiger partial charge in [-0.1, -0.05) is 0 Å². The van der Waals surface area contributed by atoms with Gasteiger partial charge in [0.15, 0.2) is 17.5 Å². The zero-order valence-corrected chi connectivity index (χ0v) is 8.39. The summed E-state index contributed by atoms with van der Waals surface area (Å²) in [5, 5.41) is 11.8. The van der Waals surface area contributed by atoms with Crippen molar-refractivity contribution in [2.75, 3.05) is 5.32 Å². The molecule has 2 atom stereocenters. The van der Waals surface area contributed by atoms with Crippen LogP contribution in [-0.2, 0) is 0 Å². The normalized spacial score (nSPS) is 14.8. The summed E-state index contributed by atoms with van der Waals surface area (Å²) in [6, 6.07) is 1.31. The van der Waals surface area contributed by atoms with E-state index >= 15 is 0 Å². The van der Waals surface area contributed by atoms with E-state index in [0.29, 0.717) is 0 Å². The van der Waals surface area contributed by atoms with Crippen molar-refractivity contribution in [3.63, 3.8) is 0 Å². The lowest BCUT2D eigenvalue weighted by Gasteiger charge is -2.18. The predicted molar refractivity (Wildman–Crippen MR) is 51.1 cm³/mol. The second kappa shape index (κ2) is 4.53. The van der Waals surface area contributed by atoms with Crippen molar-refractivity contribution in [1.82, 2.24) is 0 Å². The smallest absolute Gasteiger partial charge is 0.194 e. The minimum Gasteiger partial charge on any atom is -0.391 e. The Morgan fingerprint density at radius 2 is 1.60 bits per heavy atom. The van der Waals surface area contributed by atoms with E-state index in [2.05, 4.69) is 5.32 Å². The van der Waals surface area contributed by atoms with E-state index in [9.17, 15) is 13.2 Å². The third-order valence-corrected chi connectivity index (χ3v) is 2.10. The van der Waals surface area contributed by atoms with Gasteiger partial charge in [0.2, 0.25) is 0 Å². The van der Waals surface area contributed by atoms with Gasteiger partial charge in [0.25, 0.3) is 0 Å². The van der Waals surface area contributed by atoms with Crippen molar-refractivity contribution in [2.45, 2.75) is 26.0 Å². The quantitative estimate of drug-likeness (QED) is 0.764. The maximum Gasteiger partial charge on any atom is 0.194 e. The van der Waals surface area contributed by atoms with Crippen LogP contribution in [-0.4, -0.2) is 17.3 Å². The molecular weight excluding hydrogens is 207 g/mol. The summed E-state index contributed by atoms with van der Waals surface area (Å²) in [6.45, 7) is 3.18. The van der Waals surface area contributed by atoms with Crippen molar-refractivity contribution < 1.29 is 18.3 Å². The Labute approximate surface area is 85.7 Å². The molecule has 0 spiro atoms. The Balaban J connectivity index is 2.88. The van der Waals surface area contributed by atoms with Crippen LogP contribution in [0.2, 0.25) is 0 Å². The number of aliphatic hydroxyl groups excluding tert-OH is 1. The Morgan fingerprint density at radius 3 is 2.00 bits per heavy atom. The van der Waals surface area contributed by atoms with E-state index in [1.54, 1.807) is 6.92 Å². The van der Waals surface area contributed by atoms with Crippen molar-refractivity contribution in [3.8, 4) is 0 Å².